The highest BCUT2D eigenvalue weighted by molar-refractivity contribution is 6.30. The van der Waals surface area contributed by atoms with Gasteiger partial charge in [0.1, 0.15) is 6.61 Å². The van der Waals surface area contributed by atoms with E-state index in [9.17, 15) is 4.79 Å². The predicted octanol–water partition coefficient (Wildman–Crippen LogP) is 3.18. The van der Waals surface area contributed by atoms with Crippen molar-refractivity contribution in [2.45, 2.75) is 27.0 Å². The second kappa shape index (κ2) is 7.92. The van der Waals surface area contributed by atoms with Crippen LogP contribution in [0, 0.1) is 6.92 Å². The standard InChI is InChI=1S/C20H19ClN6O2/c1-3-25-20(28)27(24-23-25)18-6-4-5-14(2)17(18)13-29-19-11-12-26(22-19)16-9-7-15(21)8-10-16/h4-12H,3,13H2,1-2H3. The lowest BCUT2D eigenvalue weighted by atomic mass is 10.1. The summed E-state index contributed by atoms with van der Waals surface area (Å²) < 4.78 is 10.2. The summed E-state index contributed by atoms with van der Waals surface area (Å²) in [4.78, 5) is 12.5. The van der Waals surface area contributed by atoms with E-state index in [1.807, 2.05) is 50.4 Å². The van der Waals surface area contributed by atoms with Gasteiger partial charge in [-0.3, -0.25) is 0 Å². The Morgan fingerprint density at radius 1 is 1.07 bits per heavy atom. The zero-order valence-corrected chi connectivity index (χ0v) is 16.7. The molecule has 9 heteroatoms. The minimum absolute atomic E-state index is 0.241. The fourth-order valence-corrected chi connectivity index (χ4v) is 3.09. The first kappa shape index (κ1) is 18.9. The molecule has 0 unspecified atom stereocenters. The van der Waals surface area contributed by atoms with Gasteiger partial charge in [0, 0.05) is 29.4 Å². The number of benzene rings is 2. The van der Waals surface area contributed by atoms with Crippen LogP contribution in [0.15, 0.2) is 59.5 Å². The Morgan fingerprint density at radius 3 is 2.59 bits per heavy atom. The fraction of sp³-hybridized carbons (Fsp3) is 0.200. The number of hydrogen-bond acceptors (Lipinski definition) is 5. The number of halogens is 1. The molecule has 4 aromatic rings. The Morgan fingerprint density at radius 2 is 1.86 bits per heavy atom. The van der Waals surface area contributed by atoms with E-state index in [0.717, 1.165) is 16.8 Å². The molecule has 0 atom stereocenters. The highest BCUT2D eigenvalue weighted by atomic mass is 35.5. The van der Waals surface area contributed by atoms with Crippen LogP contribution in [0.25, 0.3) is 11.4 Å². The summed E-state index contributed by atoms with van der Waals surface area (Å²) in [7, 11) is 0. The number of nitrogens with zero attached hydrogens (tertiary/aromatic N) is 6. The van der Waals surface area contributed by atoms with Gasteiger partial charge in [0.25, 0.3) is 0 Å². The van der Waals surface area contributed by atoms with Crippen LogP contribution >= 0.6 is 11.6 Å². The fourth-order valence-electron chi connectivity index (χ4n) is 2.96. The number of hydrogen-bond donors (Lipinski definition) is 0. The SMILES string of the molecule is CCn1nnn(-c2cccc(C)c2COc2ccn(-c3ccc(Cl)cc3)n2)c1=O. The minimum atomic E-state index is -0.286. The van der Waals surface area contributed by atoms with Crippen LogP contribution in [-0.2, 0) is 13.2 Å². The quantitative estimate of drug-likeness (QED) is 0.487. The molecule has 4 rings (SSSR count). The highest BCUT2D eigenvalue weighted by Gasteiger charge is 2.14. The topological polar surface area (TPSA) is 79.8 Å². The van der Waals surface area contributed by atoms with E-state index in [4.69, 9.17) is 16.3 Å². The van der Waals surface area contributed by atoms with E-state index in [1.54, 1.807) is 22.9 Å². The van der Waals surface area contributed by atoms with Crippen LogP contribution in [0.4, 0.5) is 0 Å². The van der Waals surface area contributed by atoms with Crippen LogP contribution in [-0.4, -0.2) is 29.6 Å². The first-order valence-corrected chi connectivity index (χ1v) is 9.50. The zero-order valence-electron chi connectivity index (χ0n) is 16.0. The second-order valence-electron chi connectivity index (χ2n) is 6.43. The van der Waals surface area contributed by atoms with Gasteiger partial charge in [-0.05, 0) is 60.2 Å². The minimum Gasteiger partial charge on any atom is -0.472 e. The third-order valence-corrected chi connectivity index (χ3v) is 4.82. The Kier molecular flexibility index (Phi) is 5.18. The number of ether oxygens (including phenoxy) is 1. The molecule has 2 aromatic carbocycles. The van der Waals surface area contributed by atoms with Crippen LogP contribution in [0.2, 0.25) is 5.02 Å². The third kappa shape index (κ3) is 3.79. The van der Waals surface area contributed by atoms with Gasteiger partial charge in [-0.25, -0.2) is 9.48 Å². The van der Waals surface area contributed by atoms with Gasteiger partial charge in [-0.1, -0.05) is 23.7 Å². The second-order valence-corrected chi connectivity index (χ2v) is 6.86. The molecule has 0 aliphatic rings. The van der Waals surface area contributed by atoms with Gasteiger partial charge in [0.15, 0.2) is 0 Å². The van der Waals surface area contributed by atoms with E-state index in [2.05, 4.69) is 15.5 Å². The summed E-state index contributed by atoms with van der Waals surface area (Å²) >= 11 is 5.93. The molecule has 0 aliphatic heterocycles. The average Bonchev–Trinajstić information content (AvgIpc) is 3.34. The molecule has 2 heterocycles. The molecule has 0 saturated heterocycles. The van der Waals surface area contributed by atoms with E-state index in [0.29, 0.717) is 23.1 Å². The van der Waals surface area contributed by atoms with Crippen molar-refractivity contribution in [1.82, 2.24) is 29.6 Å². The van der Waals surface area contributed by atoms with Gasteiger partial charge in [-0.2, -0.15) is 9.36 Å². The predicted molar refractivity (Wildman–Crippen MR) is 109 cm³/mol. The smallest absolute Gasteiger partial charge is 0.368 e. The molecular weight excluding hydrogens is 392 g/mol. The molecule has 0 saturated carbocycles. The molecule has 0 bridgehead atoms. The molecule has 0 aliphatic carbocycles. The van der Waals surface area contributed by atoms with Crippen LogP contribution in [0.5, 0.6) is 5.88 Å². The summed E-state index contributed by atoms with van der Waals surface area (Å²) in [5, 5.41) is 13.0. The zero-order chi connectivity index (χ0) is 20.4. The summed E-state index contributed by atoms with van der Waals surface area (Å²) in [6.45, 7) is 4.51. The number of tetrazole rings is 1. The van der Waals surface area contributed by atoms with Crippen LogP contribution in [0.1, 0.15) is 18.1 Å². The van der Waals surface area contributed by atoms with E-state index < -0.39 is 0 Å². The molecule has 148 valence electrons. The Hall–Kier alpha value is -3.39. The Bertz CT molecular complexity index is 1190. The van der Waals surface area contributed by atoms with Gasteiger partial charge < -0.3 is 4.74 Å². The lowest BCUT2D eigenvalue weighted by Gasteiger charge is -2.11. The number of rotatable bonds is 6. The monoisotopic (exact) mass is 410 g/mol. The van der Waals surface area contributed by atoms with Crippen molar-refractivity contribution in [3.63, 3.8) is 0 Å². The molecule has 0 amide bonds. The Balaban J connectivity index is 1.58. The lowest BCUT2D eigenvalue weighted by molar-refractivity contribution is 0.290. The van der Waals surface area contributed by atoms with Crippen molar-refractivity contribution >= 4 is 11.6 Å². The molecule has 0 N–H and O–H groups in total. The van der Waals surface area contributed by atoms with Crippen molar-refractivity contribution < 1.29 is 4.74 Å². The van der Waals surface area contributed by atoms with E-state index in [1.165, 1.54) is 9.36 Å². The Labute approximate surface area is 171 Å². The number of aryl methyl sites for hydroxylation is 2. The van der Waals surface area contributed by atoms with Crippen molar-refractivity contribution in [3.8, 4) is 17.3 Å². The van der Waals surface area contributed by atoms with Crippen molar-refractivity contribution in [3.05, 3.63) is 81.4 Å². The summed E-state index contributed by atoms with van der Waals surface area (Å²) in [6, 6.07) is 14.8. The van der Waals surface area contributed by atoms with Gasteiger partial charge in [0.2, 0.25) is 5.88 Å². The van der Waals surface area contributed by atoms with Crippen molar-refractivity contribution in [1.29, 1.82) is 0 Å². The van der Waals surface area contributed by atoms with E-state index in [-0.39, 0.29) is 12.3 Å². The largest absolute Gasteiger partial charge is 0.472 e. The van der Waals surface area contributed by atoms with Crippen LogP contribution < -0.4 is 10.4 Å². The molecule has 2 aromatic heterocycles. The third-order valence-electron chi connectivity index (χ3n) is 4.57. The summed E-state index contributed by atoms with van der Waals surface area (Å²) in [5.74, 6) is 0.471. The molecule has 0 spiro atoms. The van der Waals surface area contributed by atoms with Crippen LogP contribution in [0.3, 0.4) is 0 Å². The maximum atomic E-state index is 12.5. The maximum Gasteiger partial charge on any atom is 0.368 e. The normalized spacial score (nSPS) is 11.0. The van der Waals surface area contributed by atoms with Crippen molar-refractivity contribution in [2.75, 3.05) is 0 Å². The van der Waals surface area contributed by atoms with Gasteiger partial charge in [0.05, 0.1) is 11.4 Å². The summed E-state index contributed by atoms with van der Waals surface area (Å²) in [5.41, 5.74) is 3.07. The molecule has 8 nitrogen and oxygen atoms in total. The molecule has 0 radical (unpaired) electrons. The number of aromatic nitrogens is 6. The van der Waals surface area contributed by atoms with Gasteiger partial charge >= 0.3 is 5.69 Å². The molecule has 29 heavy (non-hydrogen) atoms. The molecular formula is C20H19ClN6O2. The molecule has 0 fully saturated rings. The average molecular weight is 411 g/mol. The first-order valence-electron chi connectivity index (χ1n) is 9.13. The van der Waals surface area contributed by atoms with Gasteiger partial charge in [-0.15, -0.1) is 5.10 Å². The maximum absolute atomic E-state index is 12.5. The lowest BCUT2D eigenvalue weighted by Crippen LogP contribution is -2.24. The van der Waals surface area contributed by atoms with E-state index >= 15 is 0 Å². The highest BCUT2D eigenvalue weighted by Crippen LogP contribution is 2.20. The first-order chi connectivity index (χ1) is 14.1. The van der Waals surface area contributed by atoms with Crippen molar-refractivity contribution in [2.24, 2.45) is 0 Å². The summed E-state index contributed by atoms with van der Waals surface area (Å²) in [6.07, 6.45) is 1.81.